The maximum Gasteiger partial charge on any atom is 0.203 e. The SMILES string of the molecule is COc1ccc(C(C)Nc2nc(C3CC3)ns2)cc1OC. The number of methoxy groups -OCH3 is 2. The molecule has 0 bridgehead atoms. The number of nitrogens with one attached hydrogen (secondary N) is 1. The van der Waals surface area contributed by atoms with Crippen LogP contribution in [0.2, 0.25) is 0 Å². The van der Waals surface area contributed by atoms with Crippen LogP contribution in [0.25, 0.3) is 0 Å². The zero-order valence-corrected chi connectivity index (χ0v) is 13.2. The van der Waals surface area contributed by atoms with E-state index in [1.807, 2.05) is 18.2 Å². The monoisotopic (exact) mass is 305 g/mol. The van der Waals surface area contributed by atoms with Crippen molar-refractivity contribution in [2.45, 2.75) is 31.7 Å². The minimum absolute atomic E-state index is 0.129. The van der Waals surface area contributed by atoms with Crippen LogP contribution in [0.5, 0.6) is 11.5 Å². The van der Waals surface area contributed by atoms with E-state index in [1.54, 1.807) is 14.2 Å². The third-order valence-electron chi connectivity index (χ3n) is 3.63. The van der Waals surface area contributed by atoms with Gasteiger partial charge in [-0.2, -0.15) is 4.37 Å². The van der Waals surface area contributed by atoms with Crippen LogP contribution >= 0.6 is 11.5 Å². The lowest BCUT2D eigenvalue weighted by Crippen LogP contribution is -2.07. The molecule has 1 fully saturated rings. The summed E-state index contributed by atoms with van der Waals surface area (Å²) < 4.78 is 15.0. The van der Waals surface area contributed by atoms with E-state index in [0.717, 1.165) is 28.0 Å². The van der Waals surface area contributed by atoms with Gasteiger partial charge in [0.15, 0.2) is 11.5 Å². The fraction of sp³-hybridized carbons (Fsp3) is 0.467. The first-order valence-corrected chi connectivity index (χ1v) is 7.80. The van der Waals surface area contributed by atoms with E-state index in [1.165, 1.54) is 24.4 Å². The Hall–Kier alpha value is -1.82. The second-order valence-corrected chi connectivity index (χ2v) is 5.96. The Kier molecular flexibility index (Phi) is 3.96. The molecule has 0 radical (unpaired) electrons. The van der Waals surface area contributed by atoms with Gasteiger partial charge >= 0.3 is 0 Å². The van der Waals surface area contributed by atoms with E-state index in [0.29, 0.717) is 5.92 Å². The Balaban J connectivity index is 1.72. The highest BCUT2D eigenvalue weighted by Gasteiger charge is 2.28. The number of benzene rings is 1. The van der Waals surface area contributed by atoms with Crippen molar-refractivity contribution in [1.82, 2.24) is 9.36 Å². The van der Waals surface area contributed by atoms with Crippen LogP contribution in [0.15, 0.2) is 18.2 Å². The molecule has 3 rings (SSSR count). The molecule has 1 aromatic carbocycles. The van der Waals surface area contributed by atoms with Gasteiger partial charge < -0.3 is 14.8 Å². The van der Waals surface area contributed by atoms with Crippen LogP contribution < -0.4 is 14.8 Å². The molecule has 0 aliphatic heterocycles. The van der Waals surface area contributed by atoms with Crippen molar-refractivity contribution in [2.24, 2.45) is 0 Å². The Morgan fingerprint density at radius 2 is 2.00 bits per heavy atom. The first kappa shape index (κ1) is 14.1. The number of hydrogen-bond acceptors (Lipinski definition) is 6. The summed E-state index contributed by atoms with van der Waals surface area (Å²) in [6.45, 7) is 2.10. The first-order chi connectivity index (χ1) is 10.2. The van der Waals surface area contributed by atoms with Crippen LogP contribution in [-0.2, 0) is 0 Å². The molecule has 0 saturated heterocycles. The van der Waals surface area contributed by atoms with Crippen molar-refractivity contribution in [3.63, 3.8) is 0 Å². The lowest BCUT2D eigenvalue weighted by atomic mass is 10.1. The molecule has 1 aliphatic rings. The number of rotatable bonds is 6. The van der Waals surface area contributed by atoms with Crippen LogP contribution in [-0.4, -0.2) is 23.6 Å². The summed E-state index contributed by atoms with van der Waals surface area (Å²) in [5, 5.41) is 4.27. The minimum atomic E-state index is 0.129. The Bertz CT molecular complexity index is 625. The van der Waals surface area contributed by atoms with Gasteiger partial charge in [0.25, 0.3) is 0 Å². The van der Waals surface area contributed by atoms with Crippen LogP contribution in [0, 0.1) is 0 Å². The first-order valence-electron chi connectivity index (χ1n) is 7.03. The molecule has 1 atom stereocenters. The van der Waals surface area contributed by atoms with Crippen molar-refractivity contribution in [2.75, 3.05) is 19.5 Å². The smallest absolute Gasteiger partial charge is 0.203 e. The van der Waals surface area contributed by atoms with E-state index in [2.05, 4.69) is 21.6 Å². The molecule has 1 unspecified atom stereocenters. The molecule has 0 spiro atoms. The van der Waals surface area contributed by atoms with Gasteiger partial charge in [0.1, 0.15) is 5.82 Å². The summed E-state index contributed by atoms with van der Waals surface area (Å²) in [6, 6.07) is 6.06. The van der Waals surface area contributed by atoms with Crippen LogP contribution in [0.4, 0.5) is 5.13 Å². The van der Waals surface area contributed by atoms with E-state index >= 15 is 0 Å². The molecule has 1 aliphatic carbocycles. The molecular formula is C15H19N3O2S. The fourth-order valence-corrected chi connectivity index (χ4v) is 2.93. The van der Waals surface area contributed by atoms with E-state index < -0.39 is 0 Å². The molecule has 2 aromatic rings. The molecule has 112 valence electrons. The quantitative estimate of drug-likeness (QED) is 0.883. The lowest BCUT2D eigenvalue weighted by molar-refractivity contribution is 0.354. The molecule has 6 heteroatoms. The van der Waals surface area contributed by atoms with Crippen molar-refractivity contribution in [3.05, 3.63) is 29.6 Å². The fourth-order valence-electron chi connectivity index (χ4n) is 2.19. The van der Waals surface area contributed by atoms with Gasteiger partial charge in [-0.1, -0.05) is 6.07 Å². The predicted octanol–water partition coefficient (Wildman–Crippen LogP) is 3.61. The largest absolute Gasteiger partial charge is 0.493 e. The predicted molar refractivity (Wildman–Crippen MR) is 83.5 cm³/mol. The molecule has 21 heavy (non-hydrogen) atoms. The third-order valence-corrected chi connectivity index (χ3v) is 4.29. The summed E-state index contributed by atoms with van der Waals surface area (Å²) in [5.41, 5.74) is 1.12. The maximum atomic E-state index is 5.34. The molecule has 1 aromatic heterocycles. The zero-order chi connectivity index (χ0) is 14.8. The minimum Gasteiger partial charge on any atom is -0.493 e. The normalized spacial score (nSPS) is 15.6. The number of hydrogen-bond donors (Lipinski definition) is 1. The number of nitrogens with zero attached hydrogens (tertiary/aromatic N) is 2. The molecule has 1 N–H and O–H groups in total. The van der Waals surface area contributed by atoms with Gasteiger partial charge in [-0.3, -0.25) is 0 Å². The van der Waals surface area contributed by atoms with Crippen molar-refractivity contribution in [1.29, 1.82) is 0 Å². The Morgan fingerprint density at radius 1 is 1.24 bits per heavy atom. The highest BCUT2D eigenvalue weighted by Crippen LogP contribution is 2.39. The Labute approximate surface area is 128 Å². The van der Waals surface area contributed by atoms with Gasteiger partial charge in [-0.05, 0) is 37.5 Å². The zero-order valence-electron chi connectivity index (χ0n) is 12.4. The third kappa shape index (κ3) is 3.10. The molecule has 1 heterocycles. The van der Waals surface area contributed by atoms with Crippen LogP contribution in [0.3, 0.4) is 0 Å². The lowest BCUT2D eigenvalue weighted by Gasteiger charge is -2.15. The van der Waals surface area contributed by atoms with Crippen molar-refractivity contribution < 1.29 is 9.47 Å². The average Bonchev–Trinajstić information content (AvgIpc) is 3.26. The van der Waals surface area contributed by atoms with Crippen LogP contribution in [0.1, 0.15) is 43.1 Å². The molecule has 0 amide bonds. The summed E-state index contributed by atoms with van der Waals surface area (Å²) in [5.74, 6) is 3.05. The molecular weight excluding hydrogens is 286 g/mol. The highest BCUT2D eigenvalue weighted by molar-refractivity contribution is 7.09. The second-order valence-electron chi connectivity index (χ2n) is 5.21. The maximum absolute atomic E-state index is 5.34. The second kappa shape index (κ2) is 5.89. The van der Waals surface area contributed by atoms with Gasteiger partial charge in [0, 0.05) is 17.5 Å². The summed E-state index contributed by atoms with van der Waals surface area (Å²) in [6.07, 6.45) is 2.45. The van der Waals surface area contributed by atoms with E-state index in [-0.39, 0.29) is 6.04 Å². The number of ether oxygens (including phenoxy) is 2. The number of aromatic nitrogens is 2. The van der Waals surface area contributed by atoms with Gasteiger partial charge in [-0.15, -0.1) is 0 Å². The van der Waals surface area contributed by atoms with Gasteiger partial charge in [0.2, 0.25) is 5.13 Å². The van der Waals surface area contributed by atoms with E-state index in [9.17, 15) is 0 Å². The van der Waals surface area contributed by atoms with E-state index in [4.69, 9.17) is 9.47 Å². The van der Waals surface area contributed by atoms with Gasteiger partial charge in [-0.25, -0.2) is 4.98 Å². The summed E-state index contributed by atoms with van der Waals surface area (Å²) in [7, 11) is 3.28. The van der Waals surface area contributed by atoms with Crippen molar-refractivity contribution >= 4 is 16.7 Å². The standard InChI is InChI=1S/C15H19N3O2S/c1-9(11-6-7-12(19-2)13(8-11)20-3)16-15-17-14(18-21-15)10-4-5-10/h6-10H,4-5H2,1-3H3,(H,16,17,18). The summed E-state index contributed by atoms with van der Waals surface area (Å²) >= 11 is 1.43. The molecule has 1 saturated carbocycles. The van der Waals surface area contributed by atoms with Gasteiger partial charge in [0.05, 0.1) is 20.3 Å². The van der Waals surface area contributed by atoms with Crippen molar-refractivity contribution in [3.8, 4) is 11.5 Å². The highest BCUT2D eigenvalue weighted by atomic mass is 32.1. The topological polar surface area (TPSA) is 56.3 Å². The average molecular weight is 305 g/mol. The number of anilines is 1. The summed E-state index contributed by atoms with van der Waals surface area (Å²) in [4.78, 5) is 4.55. The Morgan fingerprint density at radius 3 is 2.67 bits per heavy atom. The molecule has 5 nitrogen and oxygen atoms in total.